The van der Waals surface area contributed by atoms with Gasteiger partial charge in [-0.05, 0) is 57.9 Å². The van der Waals surface area contributed by atoms with Gasteiger partial charge in [-0.2, -0.15) is 9.78 Å². The van der Waals surface area contributed by atoms with E-state index in [0.717, 1.165) is 0 Å². The van der Waals surface area contributed by atoms with Crippen molar-refractivity contribution in [3.63, 3.8) is 0 Å². The number of carbonyl (C=O) groups is 2. The van der Waals surface area contributed by atoms with Crippen molar-refractivity contribution in [3.05, 3.63) is 71.8 Å². The third-order valence-electron chi connectivity index (χ3n) is 3.80. The number of benzene rings is 2. The number of carbonyl (C=O) groups excluding carboxylic acids is 2. The molecule has 6 nitrogen and oxygen atoms in total. The minimum absolute atomic E-state index is 0.342. The smallest absolute Gasteiger partial charge is 0.293 e. The van der Waals surface area contributed by atoms with Gasteiger partial charge in [-0.1, -0.05) is 36.4 Å². The van der Waals surface area contributed by atoms with E-state index in [0.29, 0.717) is 24.0 Å². The molecule has 0 amide bonds. The molecule has 27 heavy (non-hydrogen) atoms. The lowest BCUT2D eigenvalue weighted by Gasteiger charge is -2.23. The zero-order valence-corrected chi connectivity index (χ0v) is 15.7. The summed E-state index contributed by atoms with van der Waals surface area (Å²) in [6.45, 7) is 5.38. The molecule has 6 heteroatoms. The van der Waals surface area contributed by atoms with Crippen LogP contribution in [-0.4, -0.2) is 23.6 Å². The maximum atomic E-state index is 11.9. The predicted octanol–water partition coefficient (Wildman–Crippen LogP) is 4.51. The Kier molecular flexibility index (Phi) is 7.52. The Labute approximate surface area is 158 Å². The number of hydrogen-bond donors (Lipinski definition) is 0. The Morgan fingerprint density at radius 2 is 1.33 bits per heavy atom. The highest BCUT2D eigenvalue weighted by atomic mass is 17.2. The highest BCUT2D eigenvalue weighted by Crippen LogP contribution is 2.20. The van der Waals surface area contributed by atoms with Gasteiger partial charge in [-0.25, -0.2) is 9.59 Å². The molecule has 1 atom stereocenters. The van der Waals surface area contributed by atoms with Crippen LogP contribution in [0.25, 0.3) is 0 Å². The summed E-state index contributed by atoms with van der Waals surface area (Å²) >= 11 is 0. The largest absolute Gasteiger partial charge is 0.373 e. The van der Waals surface area contributed by atoms with Gasteiger partial charge in [0, 0.05) is 0 Å². The van der Waals surface area contributed by atoms with Crippen molar-refractivity contribution in [1.82, 2.24) is 0 Å². The fourth-order valence-corrected chi connectivity index (χ4v) is 2.16. The molecule has 1 unspecified atom stereocenters. The molecule has 0 N–H and O–H groups in total. The Bertz CT molecular complexity index is 727. The lowest BCUT2D eigenvalue weighted by atomic mass is 10.0. The van der Waals surface area contributed by atoms with Gasteiger partial charge < -0.3 is 0 Å². The van der Waals surface area contributed by atoms with Crippen molar-refractivity contribution in [1.29, 1.82) is 0 Å². The van der Waals surface area contributed by atoms with E-state index < -0.39 is 17.5 Å². The van der Waals surface area contributed by atoms with E-state index in [1.165, 1.54) is 0 Å². The van der Waals surface area contributed by atoms with Crippen molar-refractivity contribution >= 4 is 11.9 Å². The normalized spacial score (nSPS) is 12.3. The van der Waals surface area contributed by atoms with Crippen LogP contribution in [0.4, 0.5) is 0 Å². The summed E-state index contributed by atoms with van der Waals surface area (Å²) in [7, 11) is 0. The summed E-state index contributed by atoms with van der Waals surface area (Å²) in [6, 6.07) is 17.2. The average molecular weight is 372 g/mol. The third kappa shape index (κ3) is 7.21. The van der Waals surface area contributed by atoms with Crippen molar-refractivity contribution in [2.24, 2.45) is 0 Å². The van der Waals surface area contributed by atoms with Gasteiger partial charge in [0.05, 0.1) is 11.1 Å². The zero-order chi connectivity index (χ0) is 19.7. The van der Waals surface area contributed by atoms with Crippen molar-refractivity contribution in [2.45, 2.75) is 45.3 Å². The first-order chi connectivity index (χ1) is 12.9. The second-order valence-corrected chi connectivity index (χ2v) is 6.76. The molecule has 2 rings (SSSR count). The fourth-order valence-electron chi connectivity index (χ4n) is 2.16. The van der Waals surface area contributed by atoms with Gasteiger partial charge in [0.1, 0.15) is 11.7 Å². The number of rotatable bonds is 9. The van der Waals surface area contributed by atoms with E-state index in [1.807, 2.05) is 12.1 Å². The maximum Gasteiger partial charge on any atom is 0.373 e. The molecule has 0 bridgehead atoms. The molecule has 144 valence electrons. The van der Waals surface area contributed by atoms with Crippen molar-refractivity contribution < 1.29 is 29.1 Å². The van der Waals surface area contributed by atoms with Crippen LogP contribution in [0.5, 0.6) is 0 Å². The summed E-state index contributed by atoms with van der Waals surface area (Å²) in [6.07, 6.45) is 0.724. The topological polar surface area (TPSA) is 71.1 Å². The van der Waals surface area contributed by atoms with E-state index in [4.69, 9.17) is 19.6 Å². The van der Waals surface area contributed by atoms with Gasteiger partial charge in [-0.15, -0.1) is 0 Å². The molecule has 0 heterocycles. The zero-order valence-electron chi connectivity index (χ0n) is 15.7. The van der Waals surface area contributed by atoms with Crippen LogP contribution in [0.15, 0.2) is 60.7 Å². The van der Waals surface area contributed by atoms with Gasteiger partial charge in [0.2, 0.25) is 0 Å². The minimum atomic E-state index is -0.717. The molecule has 0 aromatic heterocycles. The Morgan fingerprint density at radius 1 is 0.852 bits per heavy atom. The molecule has 0 radical (unpaired) electrons. The molecule has 0 fully saturated rings. The first-order valence-corrected chi connectivity index (χ1v) is 8.75. The van der Waals surface area contributed by atoms with Gasteiger partial charge >= 0.3 is 11.9 Å². The summed E-state index contributed by atoms with van der Waals surface area (Å²) < 4.78 is 0. The predicted molar refractivity (Wildman–Crippen MR) is 98.7 cm³/mol. The second kappa shape index (κ2) is 9.85. The molecule has 2 aromatic rings. The molecule has 0 saturated heterocycles. The van der Waals surface area contributed by atoms with Crippen LogP contribution in [0.1, 0.15) is 54.3 Å². The van der Waals surface area contributed by atoms with E-state index in [1.54, 1.807) is 69.3 Å². The molecule has 2 aromatic carbocycles. The lowest BCUT2D eigenvalue weighted by Crippen LogP contribution is -2.28. The number of hydrogen-bond acceptors (Lipinski definition) is 6. The summed E-state index contributed by atoms with van der Waals surface area (Å²) in [5.41, 5.74) is 0.116. The summed E-state index contributed by atoms with van der Waals surface area (Å²) in [5.74, 6) is -1.10. The third-order valence-corrected chi connectivity index (χ3v) is 3.80. The van der Waals surface area contributed by atoms with Gasteiger partial charge in [0.25, 0.3) is 0 Å². The van der Waals surface area contributed by atoms with E-state index >= 15 is 0 Å². The Balaban J connectivity index is 1.70. The lowest BCUT2D eigenvalue weighted by molar-refractivity contribution is -0.313. The first kappa shape index (κ1) is 20.6. The van der Waals surface area contributed by atoms with Crippen LogP contribution in [0, 0.1) is 0 Å². The van der Waals surface area contributed by atoms with Crippen LogP contribution in [0.3, 0.4) is 0 Å². The molecule has 0 spiro atoms. The van der Waals surface area contributed by atoms with Gasteiger partial charge in [-0.3, -0.25) is 9.78 Å². The van der Waals surface area contributed by atoms with E-state index in [-0.39, 0.29) is 6.10 Å². The van der Waals surface area contributed by atoms with Crippen LogP contribution in [-0.2, 0) is 19.6 Å². The van der Waals surface area contributed by atoms with E-state index in [9.17, 15) is 9.59 Å². The fraction of sp³-hybridized carbons (Fsp3) is 0.333. The summed E-state index contributed by atoms with van der Waals surface area (Å²) in [4.78, 5) is 43.9. The Morgan fingerprint density at radius 3 is 1.85 bits per heavy atom. The van der Waals surface area contributed by atoms with Crippen LogP contribution in [0.2, 0.25) is 0 Å². The monoisotopic (exact) mass is 372 g/mol. The SMILES string of the molecule is CC(CCC(C)(C)OOC(=O)c1ccccc1)OOC(=O)c1ccccc1. The molecule has 0 aliphatic rings. The molecule has 0 aliphatic heterocycles. The quantitative estimate of drug-likeness (QED) is 0.476. The van der Waals surface area contributed by atoms with E-state index in [2.05, 4.69) is 0 Å². The Hall–Kier alpha value is -2.70. The minimum Gasteiger partial charge on any atom is -0.293 e. The van der Waals surface area contributed by atoms with Crippen LogP contribution >= 0.6 is 0 Å². The highest BCUT2D eigenvalue weighted by molar-refractivity contribution is 5.89. The second-order valence-electron chi connectivity index (χ2n) is 6.76. The first-order valence-electron chi connectivity index (χ1n) is 8.75. The molecular weight excluding hydrogens is 348 g/mol. The van der Waals surface area contributed by atoms with Crippen LogP contribution < -0.4 is 0 Å². The highest BCUT2D eigenvalue weighted by Gasteiger charge is 2.24. The molecule has 0 saturated carbocycles. The standard InChI is InChI=1S/C21H24O6/c1-16(24-25-19(22)17-10-6-4-7-11-17)14-15-21(2,3)27-26-20(23)18-12-8-5-9-13-18/h4-13,16H,14-15H2,1-3H3. The maximum absolute atomic E-state index is 11.9. The summed E-state index contributed by atoms with van der Waals surface area (Å²) in [5, 5.41) is 0. The van der Waals surface area contributed by atoms with Crippen molar-refractivity contribution in [3.8, 4) is 0 Å². The van der Waals surface area contributed by atoms with Crippen molar-refractivity contribution in [2.75, 3.05) is 0 Å². The van der Waals surface area contributed by atoms with Gasteiger partial charge in [0.15, 0.2) is 0 Å². The molecule has 0 aliphatic carbocycles. The molecular formula is C21H24O6. The average Bonchev–Trinajstić information content (AvgIpc) is 2.70.